The van der Waals surface area contributed by atoms with Gasteiger partial charge in [0, 0.05) is 47.8 Å². The van der Waals surface area contributed by atoms with E-state index in [-0.39, 0.29) is 29.6 Å². The average molecular weight is 612 g/mol. The monoisotopic (exact) mass is 611 g/mol. The van der Waals surface area contributed by atoms with Gasteiger partial charge in [-0.05, 0) is 80.5 Å². The van der Waals surface area contributed by atoms with Crippen LogP contribution >= 0.6 is 0 Å². The highest BCUT2D eigenvalue weighted by molar-refractivity contribution is 6.34. The quantitative estimate of drug-likeness (QED) is 0.123. The summed E-state index contributed by atoms with van der Waals surface area (Å²) in [5, 5.41) is 8.56. The Balaban J connectivity index is 1.01. The molecule has 1 aliphatic carbocycles. The van der Waals surface area contributed by atoms with Crippen LogP contribution < -0.4 is 16.0 Å². The number of fused-ring (bicyclic) bond motifs is 1. The molecule has 1 saturated carbocycles. The van der Waals surface area contributed by atoms with Crippen molar-refractivity contribution in [2.24, 2.45) is 5.92 Å². The normalized spacial score (nSPS) is 18.2. The number of amides is 3. The molecular weight excluding hydrogens is 578 g/mol. The van der Waals surface area contributed by atoms with E-state index in [1.54, 1.807) is 19.9 Å². The van der Waals surface area contributed by atoms with Gasteiger partial charge in [-0.3, -0.25) is 19.4 Å². The van der Waals surface area contributed by atoms with Crippen LogP contribution in [0.3, 0.4) is 0 Å². The molecule has 8 nitrogen and oxygen atoms in total. The second-order valence-corrected chi connectivity index (χ2v) is 11.3. The lowest BCUT2D eigenvalue weighted by atomic mass is 10.0. The van der Waals surface area contributed by atoms with E-state index in [0.717, 1.165) is 31.7 Å². The molecule has 44 heavy (non-hydrogen) atoms. The summed E-state index contributed by atoms with van der Waals surface area (Å²) in [6.07, 6.45) is 2.19. The van der Waals surface area contributed by atoms with Gasteiger partial charge in [0.1, 0.15) is 11.5 Å². The largest absolute Gasteiger partial charge is 0.433 e. The standard InChI is InChI=1S/C32H33F4N5O3/c1-17-26(15-24-22-13-20(33)8-9-25(22)41-30(24)43)40-18(2)28(17)31(44)38-12-6-4-3-5-11-37-29(42)23-14-21(23)19-7-10-27(39-16-19)32(34,35)36/h7-10,13,15-16,21,23,40H,3-6,11-12,14H2,1-2H3,(H,37,42)(H,38,44)(H,41,43)/b24-15-. The number of pyridine rings is 1. The number of unbranched alkanes of at least 4 members (excludes halogenated alkanes) is 3. The van der Waals surface area contributed by atoms with Gasteiger partial charge in [0.05, 0.1) is 11.1 Å². The molecule has 0 saturated heterocycles. The maximum absolute atomic E-state index is 13.8. The van der Waals surface area contributed by atoms with Gasteiger partial charge in [-0.25, -0.2) is 4.39 Å². The summed E-state index contributed by atoms with van der Waals surface area (Å²) in [6.45, 7) is 4.56. The molecule has 1 aliphatic heterocycles. The number of halogens is 4. The lowest BCUT2D eigenvalue weighted by Gasteiger charge is -2.08. The summed E-state index contributed by atoms with van der Waals surface area (Å²) in [6, 6.07) is 6.44. The van der Waals surface area contributed by atoms with Gasteiger partial charge < -0.3 is 20.9 Å². The molecule has 2 atom stereocenters. The number of hydrogen-bond acceptors (Lipinski definition) is 4. The molecule has 3 aromatic rings. The number of aromatic amines is 1. The molecule has 0 spiro atoms. The number of nitrogens with zero attached hydrogens (tertiary/aromatic N) is 1. The van der Waals surface area contributed by atoms with E-state index in [1.807, 2.05) is 0 Å². The topological polar surface area (TPSA) is 116 Å². The molecule has 2 aromatic heterocycles. The van der Waals surface area contributed by atoms with Crippen molar-refractivity contribution in [3.63, 3.8) is 0 Å². The zero-order chi connectivity index (χ0) is 31.6. The summed E-state index contributed by atoms with van der Waals surface area (Å²) in [7, 11) is 0. The molecule has 0 bridgehead atoms. The highest BCUT2D eigenvalue weighted by Crippen LogP contribution is 2.47. The fourth-order valence-electron chi connectivity index (χ4n) is 5.59. The lowest BCUT2D eigenvalue weighted by Crippen LogP contribution is -2.26. The summed E-state index contributed by atoms with van der Waals surface area (Å²) < 4.78 is 51.9. The van der Waals surface area contributed by atoms with E-state index >= 15 is 0 Å². The summed E-state index contributed by atoms with van der Waals surface area (Å²) in [5.41, 5.74) is 3.48. The maximum atomic E-state index is 13.8. The Bertz CT molecular complexity index is 1610. The smallest absolute Gasteiger partial charge is 0.358 e. The molecule has 1 aromatic carbocycles. The van der Waals surface area contributed by atoms with E-state index < -0.39 is 17.7 Å². The molecular formula is C32H33F4N5O3. The van der Waals surface area contributed by atoms with E-state index in [0.29, 0.717) is 64.4 Å². The van der Waals surface area contributed by atoms with Crippen LogP contribution in [0.25, 0.3) is 11.6 Å². The van der Waals surface area contributed by atoms with Gasteiger partial charge >= 0.3 is 6.18 Å². The van der Waals surface area contributed by atoms with E-state index in [2.05, 4.69) is 25.9 Å². The van der Waals surface area contributed by atoms with Crippen LogP contribution in [0.2, 0.25) is 0 Å². The molecule has 12 heteroatoms. The van der Waals surface area contributed by atoms with Crippen molar-refractivity contribution in [2.75, 3.05) is 18.4 Å². The van der Waals surface area contributed by atoms with Crippen molar-refractivity contribution in [3.8, 4) is 0 Å². The fourth-order valence-corrected chi connectivity index (χ4v) is 5.59. The Labute approximate surface area is 251 Å². The predicted octanol–water partition coefficient (Wildman–Crippen LogP) is 5.89. The molecule has 2 unspecified atom stereocenters. The number of H-pyrrole nitrogens is 1. The van der Waals surface area contributed by atoms with Crippen LogP contribution in [-0.4, -0.2) is 40.8 Å². The fraction of sp³-hybridized carbons (Fsp3) is 0.375. The minimum Gasteiger partial charge on any atom is -0.358 e. The summed E-state index contributed by atoms with van der Waals surface area (Å²) >= 11 is 0. The van der Waals surface area contributed by atoms with Gasteiger partial charge in [-0.1, -0.05) is 18.9 Å². The number of carbonyl (C=O) groups excluding carboxylic acids is 3. The number of nitrogens with one attached hydrogen (secondary N) is 4. The predicted molar refractivity (Wildman–Crippen MR) is 157 cm³/mol. The highest BCUT2D eigenvalue weighted by atomic mass is 19.4. The number of rotatable bonds is 11. The van der Waals surface area contributed by atoms with Crippen molar-refractivity contribution in [1.82, 2.24) is 20.6 Å². The molecule has 3 heterocycles. The van der Waals surface area contributed by atoms with Gasteiger partial charge in [0.25, 0.3) is 11.8 Å². The third kappa shape index (κ3) is 6.84. The molecule has 0 radical (unpaired) electrons. The molecule has 3 amide bonds. The number of carbonyl (C=O) groups is 3. The molecule has 5 rings (SSSR count). The van der Waals surface area contributed by atoms with E-state index in [9.17, 15) is 31.9 Å². The Hall–Kier alpha value is -4.48. The third-order valence-electron chi connectivity index (χ3n) is 8.08. The number of hydrogen-bond donors (Lipinski definition) is 4. The van der Waals surface area contributed by atoms with E-state index in [1.165, 1.54) is 30.5 Å². The van der Waals surface area contributed by atoms with Crippen molar-refractivity contribution < 1.29 is 31.9 Å². The maximum Gasteiger partial charge on any atom is 0.433 e. The van der Waals surface area contributed by atoms with Crippen LogP contribution in [0.4, 0.5) is 23.2 Å². The SMILES string of the molecule is Cc1[nH]c(/C=C2\C(=O)Nc3ccc(F)cc32)c(C)c1C(=O)NCCCCCCNC(=O)C1CC1c1ccc(C(F)(F)F)nc1. The van der Waals surface area contributed by atoms with Crippen molar-refractivity contribution >= 4 is 35.1 Å². The van der Waals surface area contributed by atoms with Crippen LogP contribution in [0.5, 0.6) is 0 Å². The lowest BCUT2D eigenvalue weighted by molar-refractivity contribution is -0.141. The molecule has 1 fully saturated rings. The number of benzene rings is 1. The van der Waals surface area contributed by atoms with Crippen LogP contribution in [0.15, 0.2) is 36.5 Å². The first-order chi connectivity index (χ1) is 20.9. The summed E-state index contributed by atoms with van der Waals surface area (Å²) in [4.78, 5) is 44.4. The summed E-state index contributed by atoms with van der Waals surface area (Å²) in [5.74, 6) is -1.45. The first kappa shape index (κ1) is 31.0. The third-order valence-corrected chi connectivity index (χ3v) is 8.08. The second kappa shape index (κ2) is 12.6. The minimum atomic E-state index is -4.48. The van der Waals surface area contributed by atoms with Crippen LogP contribution in [0, 0.1) is 25.6 Å². The number of anilines is 1. The first-order valence-electron chi connectivity index (χ1n) is 14.5. The Morgan fingerprint density at radius 2 is 1.77 bits per heavy atom. The number of alkyl halides is 3. The van der Waals surface area contributed by atoms with Gasteiger partial charge in [-0.15, -0.1) is 0 Å². The number of aromatic nitrogens is 2. The Morgan fingerprint density at radius 1 is 1.05 bits per heavy atom. The molecule has 2 aliphatic rings. The number of aryl methyl sites for hydroxylation is 1. The molecule has 4 N–H and O–H groups in total. The minimum absolute atomic E-state index is 0.0978. The van der Waals surface area contributed by atoms with Crippen LogP contribution in [-0.2, 0) is 15.8 Å². The van der Waals surface area contributed by atoms with E-state index in [4.69, 9.17) is 0 Å². The van der Waals surface area contributed by atoms with Gasteiger partial charge in [0.2, 0.25) is 5.91 Å². The average Bonchev–Trinajstić information content (AvgIpc) is 3.65. The first-order valence-corrected chi connectivity index (χ1v) is 14.5. The zero-order valence-electron chi connectivity index (χ0n) is 24.3. The van der Waals surface area contributed by atoms with Gasteiger partial charge in [-0.2, -0.15) is 13.2 Å². The Morgan fingerprint density at radius 3 is 2.45 bits per heavy atom. The highest BCUT2D eigenvalue weighted by Gasteiger charge is 2.44. The Kier molecular flexibility index (Phi) is 8.89. The van der Waals surface area contributed by atoms with Crippen LogP contribution in [0.1, 0.15) is 82.2 Å². The van der Waals surface area contributed by atoms with Crippen molar-refractivity contribution in [1.29, 1.82) is 0 Å². The van der Waals surface area contributed by atoms with Crippen molar-refractivity contribution in [2.45, 2.75) is 58.0 Å². The van der Waals surface area contributed by atoms with Gasteiger partial charge in [0.15, 0.2) is 0 Å². The van der Waals surface area contributed by atoms with Crippen molar-refractivity contribution in [3.05, 3.63) is 81.7 Å². The molecule has 232 valence electrons. The zero-order valence-corrected chi connectivity index (χ0v) is 24.3. The second-order valence-electron chi connectivity index (χ2n) is 11.3.